The van der Waals surface area contributed by atoms with Gasteiger partial charge in [-0.1, -0.05) is 23.7 Å². The van der Waals surface area contributed by atoms with Crippen molar-refractivity contribution >= 4 is 17.6 Å². The van der Waals surface area contributed by atoms with Gasteiger partial charge in [-0.2, -0.15) is 5.26 Å². The van der Waals surface area contributed by atoms with Crippen LogP contribution in [0.2, 0.25) is 5.02 Å². The molecule has 1 aromatic carbocycles. The molecule has 1 aromatic rings. The van der Waals surface area contributed by atoms with E-state index in [-0.39, 0.29) is 30.3 Å². The molecule has 18 heavy (non-hydrogen) atoms. The summed E-state index contributed by atoms with van der Waals surface area (Å²) in [5.41, 5.74) is 1.12. The van der Waals surface area contributed by atoms with Crippen molar-refractivity contribution in [2.75, 3.05) is 6.61 Å². The standard InChI is InChI=1S/C14H14ClNO2/c1-9(7-16)8-18-14(17)13-6-12(13)10-2-4-11(15)5-3-10/h2-5,9,12-13H,6,8H2,1H3/t9-,12+,13-/m1/s1. The minimum Gasteiger partial charge on any atom is -0.464 e. The SMILES string of the molecule is C[C@H](C#N)COC(=O)[C@@H]1C[C@H]1c1ccc(Cl)cc1. The van der Waals surface area contributed by atoms with Crippen molar-refractivity contribution in [3.8, 4) is 6.07 Å². The Balaban J connectivity index is 1.85. The Morgan fingerprint density at radius 3 is 2.83 bits per heavy atom. The highest BCUT2D eigenvalue weighted by atomic mass is 35.5. The average Bonchev–Trinajstić information content (AvgIpc) is 3.16. The number of benzene rings is 1. The highest BCUT2D eigenvalue weighted by molar-refractivity contribution is 6.30. The zero-order valence-electron chi connectivity index (χ0n) is 10.1. The van der Waals surface area contributed by atoms with Gasteiger partial charge in [-0.15, -0.1) is 0 Å². The predicted octanol–water partition coefficient (Wildman–Crippen LogP) is 3.15. The smallest absolute Gasteiger partial charge is 0.309 e. The van der Waals surface area contributed by atoms with E-state index in [1.165, 1.54) is 0 Å². The molecule has 0 bridgehead atoms. The lowest BCUT2D eigenvalue weighted by Gasteiger charge is -2.05. The molecule has 0 unspecified atom stereocenters. The van der Waals surface area contributed by atoms with Crippen LogP contribution in [0.3, 0.4) is 0 Å². The van der Waals surface area contributed by atoms with Gasteiger partial charge in [0.1, 0.15) is 6.61 Å². The number of carbonyl (C=O) groups excluding carboxylic acids is 1. The fourth-order valence-corrected chi connectivity index (χ4v) is 2.01. The molecule has 4 heteroatoms. The molecule has 0 aromatic heterocycles. The van der Waals surface area contributed by atoms with Gasteiger partial charge in [0.2, 0.25) is 0 Å². The van der Waals surface area contributed by atoms with Crippen molar-refractivity contribution in [2.24, 2.45) is 11.8 Å². The van der Waals surface area contributed by atoms with Gasteiger partial charge in [-0.05, 0) is 37.0 Å². The zero-order valence-corrected chi connectivity index (χ0v) is 10.9. The van der Waals surface area contributed by atoms with Crippen LogP contribution in [0, 0.1) is 23.2 Å². The molecule has 94 valence electrons. The summed E-state index contributed by atoms with van der Waals surface area (Å²) in [5, 5.41) is 9.30. The maximum absolute atomic E-state index is 11.7. The van der Waals surface area contributed by atoms with Crippen LogP contribution in [0.15, 0.2) is 24.3 Å². The molecular weight excluding hydrogens is 250 g/mol. The first-order valence-corrected chi connectivity index (χ1v) is 6.31. The second-order valence-electron chi connectivity index (χ2n) is 4.66. The lowest BCUT2D eigenvalue weighted by Crippen LogP contribution is -2.12. The maximum Gasteiger partial charge on any atom is 0.309 e. The van der Waals surface area contributed by atoms with Crippen LogP contribution in [0.4, 0.5) is 0 Å². The molecule has 1 fully saturated rings. The van der Waals surface area contributed by atoms with E-state index in [9.17, 15) is 4.79 Å². The Labute approximate surface area is 111 Å². The van der Waals surface area contributed by atoms with Crippen molar-refractivity contribution in [3.63, 3.8) is 0 Å². The quantitative estimate of drug-likeness (QED) is 0.784. The van der Waals surface area contributed by atoms with Crippen LogP contribution in [0.5, 0.6) is 0 Å². The largest absolute Gasteiger partial charge is 0.464 e. The Bertz CT molecular complexity index is 478. The summed E-state index contributed by atoms with van der Waals surface area (Å²) in [6.45, 7) is 1.91. The van der Waals surface area contributed by atoms with Crippen molar-refractivity contribution in [2.45, 2.75) is 19.3 Å². The Kier molecular flexibility index (Phi) is 3.88. The average molecular weight is 264 g/mol. The number of ether oxygens (including phenoxy) is 1. The second-order valence-corrected chi connectivity index (χ2v) is 5.10. The molecule has 0 N–H and O–H groups in total. The molecule has 0 heterocycles. The van der Waals surface area contributed by atoms with Crippen molar-refractivity contribution in [1.82, 2.24) is 0 Å². The molecule has 0 radical (unpaired) electrons. The van der Waals surface area contributed by atoms with Crippen LogP contribution in [0.1, 0.15) is 24.8 Å². The Hall–Kier alpha value is -1.53. The molecule has 2 rings (SSSR count). The third kappa shape index (κ3) is 3.02. The van der Waals surface area contributed by atoms with Gasteiger partial charge in [0.25, 0.3) is 0 Å². The normalized spacial score (nSPS) is 22.9. The molecule has 0 amide bonds. The third-order valence-electron chi connectivity index (χ3n) is 3.09. The van der Waals surface area contributed by atoms with Gasteiger partial charge in [-0.3, -0.25) is 4.79 Å². The first-order valence-electron chi connectivity index (χ1n) is 5.93. The van der Waals surface area contributed by atoms with Gasteiger partial charge in [0, 0.05) is 5.02 Å². The monoisotopic (exact) mass is 263 g/mol. The summed E-state index contributed by atoms with van der Waals surface area (Å²) in [7, 11) is 0. The predicted molar refractivity (Wildman–Crippen MR) is 68.0 cm³/mol. The molecule has 1 aliphatic carbocycles. The van der Waals surface area contributed by atoms with E-state index in [2.05, 4.69) is 0 Å². The van der Waals surface area contributed by atoms with E-state index in [1.807, 2.05) is 30.3 Å². The van der Waals surface area contributed by atoms with Crippen molar-refractivity contribution in [1.29, 1.82) is 5.26 Å². The lowest BCUT2D eigenvalue weighted by molar-refractivity contribution is -0.146. The number of esters is 1. The summed E-state index contributed by atoms with van der Waals surface area (Å²) in [5.74, 6) is -0.261. The highest BCUT2D eigenvalue weighted by Gasteiger charge is 2.45. The number of hydrogen-bond donors (Lipinski definition) is 0. The topological polar surface area (TPSA) is 50.1 Å². The van der Waals surface area contributed by atoms with E-state index in [4.69, 9.17) is 21.6 Å². The van der Waals surface area contributed by atoms with E-state index >= 15 is 0 Å². The molecule has 0 saturated heterocycles. The number of carbonyl (C=O) groups is 1. The first-order chi connectivity index (χ1) is 8.61. The number of halogens is 1. The van der Waals surface area contributed by atoms with Crippen LogP contribution >= 0.6 is 11.6 Å². The fourth-order valence-electron chi connectivity index (χ4n) is 1.89. The molecular formula is C14H14ClNO2. The summed E-state index contributed by atoms with van der Waals surface area (Å²) in [6.07, 6.45) is 0.821. The number of nitrogens with zero attached hydrogens (tertiary/aromatic N) is 1. The molecule has 0 aliphatic heterocycles. The first kappa shape index (κ1) is 12.9. The van der Waals surface area contributed by atoms with Gasteiger partial charge in [-0.25, -0.2) is 0 Å². The Morgan fingerprint density at radius 1 is 1.56 bits per heavy atom. The van der Waals surface area contributed by atoms with Gasteiger partial charge in [0.05, 0.1) is 17.9 Å². The number of nitriles is 1. The van der Waals surface area contributed by atoms with E-state index in [0.29, 0.717) is 5.02 Å². The van der Waals surface area contributed by atoms with Gasteiger partial charge >= 0.3 is 5.97 Å². The second kappa shape index (κ2) is 5.41. The van der Waals surface area contributed by atoms with E-state index in [0.717, 1.165) is 12.0 Å². The summed E-state index contributed by atoms with van der Waals surface area (Å²) < 4.78 is 5.11. The number of hydrogen-bond acceptors (Lipinski definition) is 3. The van der Waals surface area contributed by atoms with Crippen LogP contribution in [-0.2, 0) is 9.53 Å². The van der Waals surface area contributed by atoms with E-state index in [1.54, 1.807) is 6.92 Å². The zero-order chi connectivity index (χ0) is 13.1. The van der Waals surface area contributed by atoms with Gasteiger partial charge < -0.3 is 4.74 Å². The fraction of sp³-hybridized carbons (Fsp3) is 0.429. The minimum atomic E-state index is -0.248. The third-order valence-corrected chi connectivity index (χ3v) is 3.34. The molecule has 3 nitrogen and oxygen atoms in total. The van der Waals surface area contributed by atoms with Gasteiger partial charge in [0.15, 0.2) is 0 Å². The maximum atomic E-state index is 11.7. The lowest BCUT2D eigenvalue weighted by atomic mass is 10.1. The highest BCUT2D eigenvalue weighted by Crippen LogP contribution is 2.48. The molecule has 3 atom stereocenters. The van der Waals surface area contributed by atoms with E-state index < -0.39 is 0 Å². The van der Waals surface area contributed by atoms with Crippen LogP contribution in [-0.4, -0.2) is 12.6 Å². The van der Waals surface area contributed by atoms with Crippen LogP contribution < -0.4 is 0 Å². The molecule has 1 aliphatic rings. The van der Waals surface area contributed by atoms with Crippen LogP contribution in [0.25, 0.3) is 0 Å². The van der Waals surface area contributed by atoms with Crippen molar-refractivity contribution in [3.05, 3.63) is 34.9 Å². The summed E-state index contributed by atoms with van der Waals surface area (Å²) in [6, 6.07) is 9.58. The minimum absolute atomic E-state index is 0.0583. The summed E-state index contributed by atoms with van der Waals surface area (Å²) >= 11 is 5.81. The van der Waals surface area contributed by atoms with Crippen molar-refractivity contribution < 1.29 is 9.53 Å². The number of rotatable bonds is 4. The Morgan fingerprint density at radius 2 is 2.22 bits per heavy atom. The molecule has 0 spiro atoms. The molecule has 1 saturated carbocycles. The summed E-state index contributed by atoms with van der Waals surface area (Å²) in [4.78, 5) is 11.7.